The van der Waals surface area contributed by atoms with Crippen molar-refractivity contribution < 1.29 is 9.90 Å². The lowest BCUT2D eigenvalue weighted by Crippen LogP contribution is -2.47. The van der Waals surface area contributed by atoms with E-state index in [1.807, 2.05) is 26.0 Å². The molecular weight excluding hydrogens is 462 g/mol. The molecular formula is C22H26ClN7O2S. The first-order valence-corrected chi connectivity index (χ1v) is 11.8. The molecule has 0 radical (unpaired) electrons. The molecule has 33 heavy (non-hydrogen) atoms. The number of nitrogens with one attached hydrogen (secondary N) is 2. The fourth-order valence-electron chi connectivity index (χ4n) is 3.71. The topological polar surface area (TPSA) is 107 Å². The van der Waals surface area contributed by atoms with E-state index in [9.17, 15) is 4.79 Å². The van der Waals surface area contributed by atoms with Crippen molar-refractivity contribution in [1.29, 1.82) is 0 Å². The molecule has 0 saturated carbocycles. The molecule has 1 saturated heterocycles. The first kappa shape index (κ1) is 23.4. The largest absolute Gasteiger partial charge is 0.395 e. The number of aliphatic hydroxyl groups excluding tert-OH is 1. The van der Waals surface area contributed by atoms with E-state index in [1.165, 1.54) is 23.9 Å². The first-order chi connectivity index (χ1) is 16.0. The molecule has 9 nitrogen and oxygen atoms in total. The van der Waals surface area contributed by atoms with Crippen molar-refractivity contribution in [2.45, 2.75) is 13.8 Å². The molecule has 2 aromatic heterocycles. The predicted octanol–water partition coefficient (Wildman–Crippen LogP) is 3.31. The van der Waals surface area contributed by atoms with Gasteiger partial charge in [-0.1, -0.05) is 35.1 Å². The molecule has 174 valence electrons. The van der Waals surface area contributed by atoms with Gasteiger partial charge in [-0.05, 0) is 25.5 Å². The number of aliphatic hydroxyl groups is 1. The molecule has 0 aliphatic carbocycles. The number of piperazine rings is 1. The lowest BCUT2D eigenvalue weighted by molar-refractivity contribution is 0.103. The van der Waals surface area contributed by atoms with Crippen molar-refractivity contribution in [3.63, 3.8) is 0 Å². The molecule has 3 heterocycles. The smallest absolute Gasteiger partial charge is 0.267 e. The standard InChI is InChI=1S/C22H26ClN7O2S/c1-14-4-3-5-16(23)18(14)27-21(32)17-12-24-22(33-17)28-19-15(2)20(26-13-25-19)30-8-6-29(7-9-30)10-11-31/h3-5,12-13,31H,6-11H2,1-2H3,(H,27,32)(H,24,25,26,28). The number of amides is 1. The summed E-state index contributed by atoms with van der Waals surface area (Å²) in [6.45, 7) is 8.15. The van der Waals surface area contributed by atoms with Crippen molar-refractivity contribution >= 4 is 51.3 Å². The second-order valence-electron chi connectivity index (χ2n) is 7.76. The van der Waals surface area contributed by atoms with Crippen LogP contribution in [0.15, 0.2) is 30.7 Å². The fourth-order valence-corrected chi connectivity index (χ4v) is 4.69. The van der Waals surface area contributed by atoms with E-state index in [0.29, 0.717) is 33.1 Å². The number of carbonyl (C=O) groups excluding carboxylic acids is 1. The Hall–Kier alpha value is -2.79. The van der Waals surface area contributed by atoms with Gasteiger partial charge in [0.2, 0.25) is 0 Å². The molecule has 0 spiro atoms. The maximum Gasteiger partial charge on any atom is 0.267 e. The van der Waals surface area contributed by atoms with Gasteiger partial charge in [-0.15, -0.1) is 0 Å². The van der Waals surface area contributed by atoms with Gasteiger partial charge in [0.25, 0.3) is 5.91 Å². The van der Waals surface area contributed by atoms with Gasteiger partial charge >= 0.3 is 0 Å². The van der Waals surface area contributed by atoms with Crippen LogP contribution >= 0.6 is 22.9 Å². The minimum absolute atomic E-state index is 0.173. The Kier molecular flexibility index (Phi) is 7.39. The number of rotatable bonds is 7. The van der Waals surface area contributed by atoms with Crippen LogP contribution in [0.2, 0.25) is 5.02 Å². The van der Waals surface area contributed by atoms with Crippen LogP contribution in [0.4, 0.5) is 22.5 Å². The van der Waals surface area contributed by atoms with E-state index in [-0.39, 0.29) is 12.5 Å². The van der Waals surface area contributed by atoms with Crippen molar-refractivity contribution in [1.82, 2.24) is 19.9 Å². The maximum absolute atomic E-state index is 12.7. The molecule has 1 amide bonds. The summed E-state index contributed by atoms with van der Waals surface area (Å²) in [5, 5.41) is 16.3. The summed E-state index contributed by atoms with van der Waals surface area (Å²) in [7, 11) is 0. The van der Waals surface area contributed by atoms with E-state index in [4.69, 9.17) is 16.7 Å². The number of para-hydroxylation sites is 1. The Labute approximate surface area is 201 Å². The highest BCUT2D eigenvalue weighted by molar-refractivity contribution is 7.17. The number of halogens is 1. The number of aryl methyl sites for hydroxylation is 1. The molecule has 1 aromatic carbocycles. The Morgan fingerprint density at radius 1 is 1.18 bits per heavy atom. The van der Waals surface area contributed by atoms with Crippen molar-refractivity contribution in [3.05, 3.63) is 51.7 Å². The van der Waals surface area contributed by atoms with Crippen LogP contribution in [0, 0.1) is 13.8 Å². The quantitative estimate of drug-likeness (QED) is 0.466. The van der Waals surface area contributed by atoms with E-state index < -0.39 is 0 Å². The van der Waals surface area contributed by atoms with Crippen LogP contribution in [0.5, 0.6) is 0 Å². The second kappa shape index (κ2) is 10.4. The molecule has 3 aromatic rings. The van der Waals surface area contributed by atoms with Gasteiger partial charge in [0.05, 0.1) is 23.5 Å². The van der Waals surface area contributed by atoms with Crippen LogP contribution in [-0.2, 0) is 0 Å². The van der Waals surface area contributed by atoms with Crippen molar-refractivity contribution in [3.8, 4) is 0 Å². The second-order valence-corrected chi connectivity index (χ2v) is 9.20. The highest BCUT2D eigenvalue weighted by atomic mass is 35.5. The predicted molar refractivity (Wildman–Crippen MR) is 132 cm³/mol. The van der Waals surface area contributed by atoms with Gasteiger partial charge in [0, 0.05) is 38.3 Å². The van der Waals surface area contributed by atoms with Crippen LogP contribution in [0.1, 0.15) is 20.8 Å². The zero-order valence-corrected chi connectivity index (χ0v) is 20.1. The highest BCUT2D eigenvalue weighted by Gasteiger charge is 2.21. The van der Waals surface area contributed by atoms with Gasteiger partial charge < -0.3 is 20.6 Å². The normalized spacial score (nSPS) is 14.4. The molecule has 3 N–H and O–H groups in total. The van der Waals surface area contributed by atoms with Crippen molar-refractivity contribution in [2.75, 3.05) is 54.9 Å². The summed E-state index contributed by atoms with van der Waals surface area (Å²) in [5.41, 5.74) is 2.41. The number of nitrogens with zero attached hydrogens (tertiary/aromatic N) is 5. The third-order valence-corrected chi connectivity index (χ3v) is 6.79. The SMILES string of the molecule is Cc1cccc(Cl)c1NC(=O)c1cnc(Nc2ncnc(N3CCN(CCO)CC3)c2C)s1. The number of hydrogen-bond donors (Lipinski definition) is 3. The van der Waals surface area contributed by atoms with Crippen LogP contribution in [0.25, 0.3) is 0 Å². The maximum atomic E-state index is 12.7. The minimum Gasteiger partial charge on any atom is -0.395 e. The van der Waals surface area contributed by atoms with Crippen molar-refractivity contribution in [2.24, 2.45) is 0 Å². The third-order valence-electron chi connectivity index (χ3n) is 5.56. The molecule has 0 unspecified atom stereocenters. The van der Waals surface area contributed by atoms with Gasteiger partial charge in [0.1, 0.15) is 22.8 Å². The molecule has 1 aliphatic rings. The molecule has 0 bridgehead atoms. The Morgan fingerprint density at radius 3 is 2.70 bits per heavy atom. The summed E-state index contributed by atoms with van der Waals surface area (Å²) < 4.78 is 0. The molecule has 11 heteroatoms. The van der Waals surface area contributed by atoms with Gasteiger partial charge in [0.15, 0.2) is 5.13 Å². The first-order valence-electron chi connectivity index (χ1n) is 10.7. The monoisotopic (exact) mass is 487 g/mol. The lowest BCUT2D eigenvalue weighted by atomic mass is 10.2. The van der Waals surface area contributed by atoms with E-state index >= 15 is 0 Å². The van der Waals surface area contributed by atoms with Crippen LogP contribution in [0.3, 0.4) is 0 Å². The number of anilines is 4. The van der Waals surface area contributed by atoms with Crippen LogP contribution in [-0.4, -0.2) is 70.2 Å². The number of carbonyl (C=O) groups is 1. The number of aromatic nitrogens is 3. The lowest BCUT2D eigenvalue weighted by Gasteiger charge is -2.35. The minimum atomic E-state index is -0.266. The Morgan fingerprint density at radius 2 is 1.97 bits per heavy atom. The summed E-state index contributed by atoms with van der Waals surface area (Å²) in [6, 6.07) is 5.48. The summed E-state index contributed by atoms with van der Waals surface area (Å²) in [4.78, 5) is 30.8. The van der Waals surface area contributed by atoms with E-state index in [2.05, 4.69) is 35.4 Å². The number of β-amino-alcohol motifs (C(OH)–C–C–N with tert-alkyl or cyclic N) is 1. The summed E-state index contributed by atoms with van der Waals surface area (Å²) in [6.07, 6.45) is 3.07. The Bertz CT molecular complexity index is 1110. The number of benzene rings is 1. The molecule has 1 aliphatic heterocycles. The Balaban J connectivity index is 1.44. The van der Waals surface area contributed by atoms with Crippen LogP contribution < -0.4 is 15.5 Å². The number of thiazole rings is 1. The summed E-state index contributed by atoms with van der Waals surface area (Å²) >= 11 is 7.46. The average molecular weight is 488 g/mol. The number of hydrogen-bond acceptors (Lipinski definition) is 9. The molecule has 0 atom stereocenters. The molecule has 1 fully saturated rings. The highest BCUT2D eigenvalue weighted by Crippen LogP contribution is 2.30. The van der Waals surface area contributed by atoms with E-state index in [0.717, 1.165) is 43.1 Å². The van der Waals surface area contributed by atoms with Gasteiger partial charge in [-0.3, -0.25) is 9.69 Å². The third kappa shape index (κ3) is 5.41. The van der Waals surface area contributed by atoms with E-state index in [1.54, 1.807) is 6.07 Å². The van der Waals surface area contributed by atoms with Gasteiger partial charge in [-0.25, -0.2) is 15.0 Å². The average Bonchev–Trinajstić information content (AvgIpc) is 3.27. The van der Waals surface area contributed by atoms with Gasteiger partial charge in [-0.2, -0.15) is 0 Å². The zero-order chi connectivity index (χ0) is 23.4. The fraction of sp³-hybridized carbons (Fsp3) is 0.364. The summed E-state index contributed by atoms with van der Waals surface area (Å²) in [5.74, 6) is 1.26. The molecule has 4 rings (SSSR count). The zero-order valence-electron chi connectivity index (χ0n) is 18.5.